The van der Waals surface area contributed by atoms with Crippen molar-refractivity contribution in [2.24, 2.45) is 0 Å². The number of rotatable bonds is 6. The van der Waals surface area contributed by atoms with Gasteiger partial charge >= 0.3 is 6.18 Å². The highest BCUT2D eigenvalue weighted by molar-refractivity contribution is 5.98. The first kappa shape index (κ1) is 16.6. The third kappa shape index (κ3) is 5.60. The van der Waals surface area contributed by atoms with Crippen LogP contribution in [0.4, 0.5) is 24.7 Å². The van der Waals surface area contributed by atoms with E-state index in [0.29, 0.717) is 0 Å². The van der Waals surface area contributed by atoms with Crippen LogP contribution in [0.5, 0.6) is 0 Å². The fraction of sp³-hybridized carbons (Fsp3) is 0.400. The van der Waals surface area contributed by atoms with Crippen LogP contribution in [0.15, 0.2) is 12.3 Å². The summed E-state index contributed by atoms with van der Waals surface area (Å²) >= 11 is 0. The molecule has 0 saturated carbocycles. The number of nitro groups is 1. The van der Waals surface area contributed by atoms with Crippen molar-refractivity contribution in [1.82, 2.24) is 10.3 Å². The van der Waals surface area contributed by atoms with Gasteiger partial charge in [-0.1, -0.05) is 0 Å². The molecule has 1 rings (SSSR count). The second-order valence-electron chi connectivity index (χ2n) is 3.81. The Morgan fingerprint density at radius 1 is 1.52 bits per heavy atom. The summed E-state index contributed by atoms with van der Waals surface area (Å²) in [5.74, 6) is -1.02. The van der Waals surface area contributed by atoms with Crippen LogP contribution >= 0.6 is 0 Å². The summed E-state index contributed by atoms with van der Waals surface area (Å²) in [4.78, 5) is 25.0. The summed E-state index contributed by atoms with van der Waals surface area (Å²) in [7, 11) is 0. The van der Waals surface area contributed by atoms with Gasteiger partial charge in [0.2, 0.25) is 0 Å². The first-order valence-electron chi connectivity index (χ1n) is 5.53. The zero-order chi connectivity index (χ0) is 16.0. The van der Waals surface area contributed by atoms with E-state index in [0.717, 1.165) is 12.3 Å². The molecule has 21 heavy (non-hydrogen) atoms. The first-order chi connectivity index (χ1) is 9.70. The lowest BCUT2D eigenvalue weighted by atomic mass is 10.2. The monoisotopic (exact) mass is 308 g/mol. The second kappa shape index (κ2) is 6.83. The number of aromatic nitrogens is 1. The fourth-order valence-electron chi connectivity index (χ4n) is 1.27. The van der Waals surface area contributed by atoms with Crippen molar-refractivity contribution < 1.29 is 27.6 Å². The topological polar surface area (TPSA) is 120 Å². The van der Waals surface area contributed by atoms with E-state index in [1.807, 2.05) is 0 Å². The van der Waals surface area contributed by atoms with Gasteiger partial charge in [-0.05, 0) is 0 Å². The SMILES string of the molecule is Nc1ncc([N+](=O)[O-])cc1C(=O)NCCOCC(F)(F)F. The van der Waals surface area contributed by atoms with E-state index in [2.05, 4.69) is 15.0 Å². The summed E-state index contributed by atoms with van der Waals surface area (Å²) < 4.78 is 39.6. The molecule has 0 radical (unpaired) electrons. The van der Waals surface area contributed by atoms with Gasteiger partial charge in [-0.3, -0.25) is 14.9 Å². The summed E-state index contributed by atoms with van der Waals surface area (Å²) in [6.07, 6.45) is -3.56. The van der Waals surface area contributed by atoms with Crippen molar-refractivity contribution in [2.45, 2.75) is 6.18 Å². The van der Waals surface area contributed by atoms with Gasteiger partial charge in [0.1, 0.15) is 18.6 Å². The van der Waals surface area contributed by atoms with Gasteiger partial charge in [0, 0.05) is 12.6 Å². The van der Waals surface area contributed by atoms with Gasteiger partial charge in [-0.15, -0.1) is 0 Å². The van der Waals surface area contributed by atoms with E-state index < -0.39 is 29.3 Å². The Morgan fingerprint density at radius 3 is 2.76 bits per heavy atom. The number of ether oxygens (including phenoxy) is 1. The molecular formula is C10H11F3N4O4. The molecule has 0 saturated heterocycles. The third-order valence-corrected chi connectivity index (χ3v) is 2.16. The molecule has 0 unspecified atom stereocenters. The number of hydrogen-bond acceptors (Lipinski definition) is 6. The normalized spacial score (nSPS) is 11.2. The molecule has 8 nitrogen and oxygen atoms in total. The summed E-state index contributed by atoms with van der Waals surface area (Å²) in [5.41, 5.74) is 4.74. The van der Waals surface area contributed by atoms with Crippen LogP contribution < -0.4 is 11.1 Å². The first-order valence-corrected chi connectivity index (χ1v) is 5.53. The quantitative estimate of drug-likeness (QED) is 0.457. The zero-order valence-corrected chi connectivity index (χ0v) is 10.5. The number of nitrogens with one attached hydrogen (secondary N) is 1. The maximum atomic E-state index is 11.8. The van der Waals surface area contributed by atoms with Crippen LogP contribution in [0.2, 0.25) is 0 Å². The number of halogens is 3. The zero-order valence-electron chi connectivity index (χ0n) is 10.5. The number of anilines is 1. The predicted molar refractivity (Wildman–Crippen MR) is 64.5 cm³/mol. The minimum absolute atomic E-state index is 0.211. The van der Waals surface area contributed by atoms with Crippen LogP contribution in [0, 0.1) is 10.1 Å². The molecule has 0 spiro atoms. The number of nitrogen functional groups attached to an aromatic ring is 1. The Balaban J connectivity index is 2.52. The van der Waals surface area contributed by atoms with Crippen molar-refractivity contribution in [3.8, 4) is 0 Å². The van der Waals surface area contributed by atoms with E-state index in [1.165, 1.54) is 0 Å². The minimum atomic E-state index is -4.45. The van der Waals surface area contributed by atoms with Gasteiger partial charge in [0.25, 0.3) is 11.6 Å². The third-order valence-electron chi connectivity index (χ3n) is 2.16. The molecule has 0 aliphatic carbocycles. The molecular weight excluding hydrogens is 297 g/mol. The van der Waals surface area contributed by atoms with Crippen molar-refractivity contribution in [1.29, 1.82) is 0 Å². The highest BCUT2D eigenvalue weighted by Crippen LogP contribution is 2.16. The molecule has 0 aliphatic heterocycles. The molecule has 116 valence electrons. The Hall–Kier alpha value is -2.43. The van der Waals surface area contributed by atoms with E-state index in [4.69, 9.17) is 5.73 Å². The Morgan fingerprint density at radius 2 is 2.19 bits per heavy atom. The number of hydrogen-bond donors (Lipinski definition) is 2. The molecule has 0 aliphatic rings. The van der Waals surface area contributed by atoms with Crippen molar-refractivity contribution >= 4 is 17.4 Å². The number of carbonyl (C=O) groups is 1. The van der Waals surface area contributed by atoms with Crippen molar-refractivity contribution in [3.63, 3.8) is 0 Å². The fourth-order valence-corrected chi connectivity index (χ4v) is 1.27. The van der Waals surface area contributed by atoms with Crippen LogP contribution in [-0.2, 0) is 4.74 Å². The number of nitrogens with zero attached hydrogens (tertiary/aromatic N) is 2. The molecule has 0 bridgehead atoms. The molecule has 11 heteroatoms. The van der Waals surface area contributed by atoms with Gasteiger partial charge in [-0.25, -0.2) is 4.98 Å². The maximum absolute atomic E-state index is 11.8. The summed E-state index contributed by atoms with van der Waals surface area (Å²) in [6.45, 7) is -2.01. The average Bonchev–Trinajstić information content (AvgIpc) is 2.36. The summed E-state index contributed by atoms with van der Waals surface area (Å²) in [6, 6.07) is 0.925. The smallest absolute Gasteiger partial charge is 0.383 e. The lowest BCUT2D eigenvalue weighted by Gasteiger charge is -2.09. The van der Waals surface area contributed by atoms with Crippen molar-refractivity contribution in [3.05, 3.63) is 27.9 Å². The number of carbonyl (C=O) groups excluding carboxylic acids is 1. The van der Waals surface area contributed by atoms with Gasteiger partial charge in [0.05, 0.1) is 17.1 Å². The average molecular weight is 308 g/mol. The number of alkyl halides is 3. The van der Waals surface area contributed by atoms with Gasteiger partial charge in [0.15, 0.2) is 0 Å². The molecule has 3 N–H and O–H groups in total. The van der Waals surface area contributed by atoms with Gasteiger partial charge in [-0.2, -0.15) is 13.2 Å². The molecule has 1 aromatic heterocycles. The largest absolute Gasteiger partial charge is 0.411 e. The highest BCUT2D eigenvalue weighted by atomic mass is 19.4. The van der Waals surface area contributed by atoms with E-state index >= 15 is 0 Å². The Labute approximate surface area is 116 Å². The lowest BCUT2D eigenvalue weighted by molar-refractivity contribution is -0.385. The molecule has 1 heterocycles. The Bertz CT molecular complexity index is 536. The maximum Gasteiger partial charge on any atom is 0.411 e. The molecule has 0 atom stereocenters. The number of nitrogens with two attached hydrogens (primary N) is 1. The van der Waals surface area contributed by atoms with Crippen LogP contribution in [0.3, 0.4) is 0 Å². The summed E-state index contributed by atoms with van der Waals surface area (Å²) in [5, 5.41) is 12.8. The standard InChI is InChI=1S/C10H11F3N4O4/c11-10(12,13)5-21-2-1-15-9(18)7-3-6(17(19)20)4-16-8(7)14/h3-4H,1-2,5H2,(H2,14,16)(H,15,18). The molecule has 1 aromatic rings. The van der Waals surface area contributed by atoms with Crippen LogP contribution in [0.1, 0.15) is 10.4 Å². The highest BCUT2D eigenvalue weighted by Gasteiger charge is 2.27. The lowest BCUT2D eigenvalue weighted by Crippen LogP contribution is -2.29. The molecule has 0 aromatic carbocycles. The van der Waals surface area contributed by atoms with E-state index in [-0.39, 0.29) is 24.5 Å². The Kier molecular flexibility index (Phi) is 5.41. The van der Waals surface area contributed by atoms with E-state index in [1.54, 1.807) is 0 Å². The van der Waals surface area contributed by atoms with Gasteiger partial charge < -0.3 is 15.8 Å². The van der Waals surface area contributed by atoms with E-state index in [9.17, 15) is 28.1 Å². The second-order valence-corrected chi connectivity index (χ2v) is 3.81. The predicted octanol–water partition coefficient (Wildman–Crippen LogP) is 0.881. The van der Waals surface area contributed by atoms with Crippen molar-refractivity contribution in [2.75, 3.05) is 25.5 Å². The molecule has 1 amide bonds. The number of amides is 1. The van der Waals surface area contributed by atoms with Crippen LogP contribution in [0.25, 0.3) is 0 Å². The van der Waals surface area contributed by atoms with Crippen LogP contribution in [-0.4, -0.2) is 41.7 Å². The molecule has 0 fully saturated rings. The minimum Gasteiger partial charge on any atom is -0.383 e. The number of pyridine rings is 1.